The molecule has 0 spiro atoms. The molecule has 5 rings (SSSR count). The third-order valence-electron chi connectivity index (χ3n) is 5.99. The molecule has 1 aliphatic heterocycles. The second-order valence-electron chi connectivity index (χ2n) is 7.81. The van der Waals surface area contributed by atoms with Crippen molar-refractivity contribution < 1.29 is 4.74 Å². The Hall–Kier alpha value is -2.85. The number of ether oxygens (including phenoxy) is 1. The van der Waals surface area contributed by atoms with E-state index >= 15 is 0 Å². The number of allylic oxidation sites excluding steroid dienone is 1. The van der Waals surface area contributed by atoms with Gasteiger partial charge in [0.15, 0.2) is 0 Å². The molecule has 0 bridgehead atoms. The van der Waals surface area contributed by atoms with Gasteiger partial charge < -0.3 is 4.74 Å². The highest BCUT2D eigenvalue weighted by molar-refractivity contribution is 5.88. The van der Waals surface area contributed by atoms with Crippen LogP contribution in [0.25, 0.3) is 11.6 Å². The SMILES string of the molecule is Cc1c(CN2CCOc3ccc(C4=Cc5ccccc5C4)cc3C2)cnn1C. The van der Waals surface area contributed by atoms with Gasteiger partial charge in [-0.3, -0.25) is 9.58 Å². The fourth-order valence-corrected chi connectivity index (χ4v) is 4.19. The first-order valence-corrected chi connectivity index (χ1v) is 9.92. The number of aryl methyl sites for hydroxylation is 1. The fraction of sp³-hybridized carbons (Fsp3) is 0.292. The first-order valence-electron chi connectivity index (χ1n) is 9.92. The largest absolute Gasteiger partial charge is 0.492 e. The molecule has 0 radical (unpaired) electrons. The maximum atomic E-state index is 6.05. The second kappa shape index (κ2) is 6.95. The van der Waals surface area contributed by atoms with Crippen molar-refractivity contribution in [3.8, 4) is 5.75 Å². The van der Waals surface area contributed by atoms with Crippen LogP contribution >= 0.6 is 0 Å². The zero-order valence-electron chi connectivity index (χ0n) is 16.5. The molecule has 0 saturated heterocycles. The number of hydrogen-bond acceptors (Lipinski definition) is 3. The molecule has 3 aromatic rings. The lowest BCUT2D eigenvalue weighted by molar-refractivity contribution is 0.219. The van der Waals surface area contributed by atoms with E-state index in [0.29, 0.717) is 0 Å². The van der Waals surface area contributed by atoms with Crippen molar-refractivity contribution in [2.45, 2.75) is 26.4 Å². The Morgan fingerprint density at radius 1 is 1.11 bits per heavy atom. The molecule has 1 aromatic heterocycles. The number of rotatable bonds is 3. The summed E-state index contributed by atoms with van der Waals surface area (Å²) in [5, 5.41) is 4.39. The van der Waals surface area contributed by atoms with E-state index in [-0.39, 0.29) is 0 Å². The summed E-state index contributed by atoms with van der Waals surface area (Å²) >= 11 is 0. The van der Waals surface area contributed by atoms with Crippen molar-refractivity contribution in [2.75, 3.05) is 13.2 Å². The second-order valence-corrected chi connectivity index (χ2v) is 7.81. The van der Waals surface area contributed by atoms with Crippen LogP contribution in [0.15, 0.2) is 48.7 Å². The van der Waals surface area contributed by atoms with Crippen molar-refractivity contribution in [1.29, 1.82) is 0 Å². The van der Waals surface area contributed by atoms with Gasteiger partial charge in [0.25, 0.3) is 0 Å². The topological polar surface area (TPSA) is 30.3 Å². The smallest absolute Gasteiger partial charge is 0.123 e. The zero-order chi connectivity index (χ0) is 19.1. The lowest BCUT2D eigenvalue weighted by atomic mass is 10.0. The van der Waals surface area contributed by atoms with Gasteiger partial charge in [0.05, 0.1) is 6.20 Å². The van der Waals surface area contributed by atoms with Gasteiger partial charge in [0, 0.05) is 43.5 Å². The van der Waals surface area contributed by atoms with Gasteiger partial charge >= 0.3 is 0 Å². The molecule has 0 atom stereocenters. The summed E-state index contributed by atoms with van der Waals surface area (Å²) in [6.07, 6.45) is 5.32. The molecule has 4 nitrogen and oxygen atoms in total. The van der Waals surface area contributed by atoms with Crippen LogP contribution in [-0.2, 0) is 26.6 Å². The highest BCUT2D eigenvalue weighted by Gasteiger charge is 2.20. The Morgan fingerprint density at radius 3 is 2.82 bits per heavy atom. The quantitative estimate of drug-likeness (QED) is 0.691. The van der Waals surface area contributed by atoms with Crippen LogP contribution in [0.1, 0.15) is 33.5 Å². The normalized spacial score (nSPS) is 16.1. The van der Waals surface area contributed by atoms with E-state index in [1.54, 1.807) is 0 Å². The molecule has 2 aliphatic rings. The standard InChI is InChI=1S/C24H25N3O/c1-17-23(14-25-26(17)2)16-27-9-10-28-24-8-7-20(13-22(24)15-27)21-11-18-5-3-4-6-19(18)12-21/h3-8,11,13-14H,9-10,12,15-16H2,1-2H3. The van der Waals surface area contributed by atoms with Crippen LogP contribution in [0, 0.1) is 6.92 Å². The Morgan fingerprint density at radius 2 is 2.00 bits per heavy atom. The van der Waals surface area contributed by atoms with Crippen molar-refractivity contribution in [2.24, 2.45) is 7.05 Å². The van der Waals surface area contributed by atoms with Gasteiger partial charge in [0.2, 0.25) is 0 Å². The van der Waals surface area contributed by atoms with Gasteiger partial charge in [-0.25, -0.2) is 0 Å². The van der Waals surface area contributed by atoms with Crippen LogP contribution in [0.2, 0.25) is 0 Å². The minimum Gasteiger partial charge on any atom is -0.492 e. The van der Waals surface area contributed by atoms with E-state index in [1.807, 2.05) is 17.9 Å². The van der Waals surface area contributed by atoms with Crippen LogP contribution in [0.3, 0.4) is 0 Å². The highest BCUT2D eigenvalue weighted by Crippen LogP contribution is 2.34. The maximum Gasteiger partial charge on any atom is 0.123 e. The number of hydrogen-bond donors (Lipinski definition) is 0. The molecule has 0 N–H and O–H groups in total. The lowest BCUT2D eigenvalue weighted by Gasteiger charge is -2.19. The summed E-state index contributed by atoms with van der Waals surface area (Å²) < 4.78 is 7.99. The summed E-state index contributed by atoms with van der Waals surface area (Å²) in [5.74, 6) is 1.02. The summed E-state index contributed by atoms with van der Waals surface area (Å²) in [6, 6.07) is 15.3. The third-order valence-corrected chi connectivity index (χ3v) is 5.99. The number of nitrogens with zero attached hydrogens (tertiary/aromatic N) is 3. The Balaban J connectivity index is 1.40. The average molecular weight is 371 g/mol. The monoisotopic (exact) mass is 371 g/mol. The number of benzene rings is 2. The van der Waals surface area contributed by atoms with E-state index in [2.05, 4.69) is 65.5 Å². The van der Waals surface area contributed by atoms with Gasteiger partial charge in [0.1, 0.15) is 12.4 Å². The predicted molar refractivity (Wildman–Crippen MR) is 112 cm³/mol. The van der Waals surface area contributed by atoms with Crippen molar-refractivity contribution >= 4 is 11.6 Å². The zero-order valence-corrected chi connectivity index (χ0v) is 16.5. The summed E-state index contributed by atoms with van der Waals surface area (Å²) in [6.45, 7) is 5.58. The highest BCUT2D eigenvalue weighted by atomic mass is 16.5. The van der Waals surface area contributed by atoms with Gasteiger partial charge in [-0.2, -0.15) is 5.10 Å². The van der Waals surface area contributed by atoms with Gasteiger partial charge in [-0.15, -0.1) is 0 Å². The average Bonchev–Trinajstić information content (AvgIpc) is 3.20. The predicted octanol–water partition coefficient (Wildman–Crippen LogP) is 4.22. The van der Waals surface area contributed by atoms with E-state index < -0.39 is 0 Å². The molecular formula is C24H25N3O. The van der Waals surface area contributed by atoms with Crippen molar-refractivity contribution in [3.05, 3.63) is 82.2 Å². The van der Waals surface area contributed by atoms with Crippen LogP contribution in [0.4, 0.5) is 0 Å². The molecule has 0 fully saturated rings. The van der Waals surface area contributed by atoms with E-state index in [0.717, 1.165) is 38.4 Å². The molecule has 0 unspecified atom stereocenters. The van der Waals surface area contributed by atoms with Crippen LogP contribution in [-0.4, -0.2) is 27.8 Å². The molecular weight excluding hydrogens is 346 g/mol. The molecule has 2 heterocycles. The molecule has 0 saturated carbocycles. The van der Waals surface area contributed by atoms with E-state index in [4.69, 9.17) is 4.74 Å². The third kappa shape index (κ3) is 3.14. The number of fused-ring (bicyclic) bond motifs is 2. The fourth-order valence-electron chi connectivity index (χ4n) is 4.19. The molecule has 4 heteroatoms. The number of aromatic nitrogens is 2. The molecule has 1 aliphatic carbocycles. The van der Waals surface area contributed by atoms with Gasteiger partial charge in [-0.1, -0.05) is 36.4 Å². The Bertz CT molecular complexity index is 1060. The summed E-state index contributed by atoms with van der Waals surface area (Å²) in [4.78, 5) is 2.46. The minimum atomic E-state index is 0.722. The van der Waals surface area contributed by atoms with Crippen molar-refractivity contribution in [1.82, 2.24) is 14.7 Å². The minimum absolute atomic E-state index is 0.722. The molecule has 28 heavy (non-hydrogen) atoms. The van der Waals surface area contributed by atoms with Gasteiger partial charge in [-0.05, 0) is 47.7 Å². The van der Waals surface area contributed by atoms with Crippen LogP contribution < -0.4 is 4.74 Å². The molecule has 2 aromatic carbocycles. The van der Waals surface area contributed by atoms with Crippen molar-refractivity contribution in [3.63, 3.8) is 0 Å². The summed E-state index contributed by atoms with van der Waals surface area (Å²) in [7, 11) is 2.00. The van der Waals surface area contributed by atoms with Crippen LogP contribution in [0.5, 0.6) is 5.75 Å². The Kier molecular flexibility index (Phi) is 4.29. The van der Waals surface area contributed by atoms with E-state index in [1.165, 1.54) is 39.1 Å². The molecule has 0 amide bonds. The maximum absolute atomic E-state index is 6.05. The first-order chi connectivity index (χ1) is 13.7. The molecule has 142 valence electrons. The first kappa shape index (κ1) is 17.3. The lowest BCUT2D eigenvalue weighted by Crippen LogP contribution is -2.25. The van der Waals surface area contributed by atoms with E-state index in [9.17, 15) is 0 Å². The Labute approximate surface area is 166 Å². The summed E-state index contributed by atoms with van der Waals surface area (Å²) in [5.41, 5.74) is 9.24.